The summed E-state index contributed by atoms with van der Waals surface area (Å²) in [5.41, 5.74) is -0.116. The van der Waals surface area contributed by atoms with E-state index >= 15 is 0 Å². The molecular formula is C11H6ClF2N3O2S2. The second-order valence-corrected chi connectivity index (χ2v) is 6.83. The van der Waals surface area contributed by atoms with Crippen molar-refractivity contribution in [3.63, 3.8) is 0 Å². The number of fused-ring (bicyclic) bond motifs is 1. The molecule has 0 aliphatic carbocycles. The van der Waals surface area contributed by atoms with E-state index < -0.39 is 21.7 Å². The highest BCUT2D eigenvalue weighted by Gasteiger charge is 2.25. The minimum absolute atomic E-state index is 0.116. The van der Waals surface area contributed by atoms with Gasteiger partial charge in [0.2, 0.25) is 0 Å². The number of hydrogen-bond acceptors (Lipinski definition) is 4. The Morgan fingerprint density at radius 2 is 2.05 bits per heavy atom. The van der Waals surface area contributed by atoms with Crippen LogP contribution in [-0.4, -0.2) is 17.8 Å². The molecule has 0 amide bonds. The molecule has 0 aliphatic heterocycles. The first-order chi connectivity index (χ1) is 9.88. The lowest BCUT2D eigenvalue weighted by atomic mass is 10.3. The first-order valence-electron chi connectivity index (χ1n) is 5.47. The summed E-state index contributed by atoms with van der Waals surface area (Å²) in [6, 6.07) is 2.67. The SMILES string of the molecule is O=S(=O)(Nc1ccc(F)c(F)c1)c1c(Cl)nc2sccn12. The number of imidazole rings is 1. The van der Waals surface area contributed by atoms with Crippen molar-refractivity contribution < 1.29 is 17.2 Å². The van der Waals surface area contributed by atoms with Crippen LogP contribution in [0.5, 0.6) is 0 Å². The van der Waals surface area contributed by atoms with Crippen LogP contribution in [0.25, 0.3) is 4.96 Å². The van der Waals surface area contributed by atoms with Crippen LogP contribution in [0.3, 0.4) is 0 Å². The fourth-order valence-electron chi connectivity index (χ4n) is 1.74. The maximum Gasteiger partial charge on any atom is 0.281 e. The molecule has 2 aromatic heterocycles. The van der Waals surface area contributed by atoms with Crippen LogP contribution in [0.1, 0.15) is 0 Å². The molecule has 0 saturated carbocycles. The zero-order valence-electron chi connectivity index (χ0n) is 10.0. The lowest BCUT2D eigenvalue weighted by molar-refractivity contribution is 0.509. The number of benzene rings is 1. The number of sulfonamides is 1. The fraction of sp³-hybridized carbons (Fsp3) is 0. The summed E-state index contributed by atoms with van der Waals surface area (Å²) in [5, 5.41) is 1.19. The quantitative estimate of drug-likeness (QED) is 0.790. The molecule has 21 heavy (non-hydrogen) atoms. The normalized spacial score (nSPS) is 12.0. The topological polar surface area (TPSA) is 63.5 Å². The monoisotopic (exact) mass is 349 g/mol. The third-order valence-corrected chi connectivity index (χ3v) is 5.14. The third kappa shape index (κ3) is 2.47. The van der Waals surface area contributed by atoms with Gasteiger partial charge in [-0.25, -0.2) is 13.8 Å². The van der Waals surface area contributed by atoms with E-state index in [4.69, 9.17) is 11.6 Å². The minimum Gasteiger partial charge on any atom is -0.278 e. The second-order valence-electron chi connectivity index (χ2n) is 4.00. The summed E-state index contributed by atoms with van der Waals surface area (Å²) in [4.78, 5) is 4.31. The highest BCUT2D eigenvalue weighted by Crippen LogP contribution is 2.27. The highest BCUT2D eigenvalue weighted by atomic mass is 35.5. The van der Waals surface area contributed by atoms with Crippen LogP contribution in [0.15, 0.2) is 34.8 Å². The number of anilines is 1. The van der Waals surface area contributed by atoms with E-state index in [1.165, 1.54) is 21.9 Å². The van der Waals surface area contributed by atoms with Gasteiger partial charge in [0.15, 0.2) is 26.8 Å². The van der Waals surface area contributed by atoms with Crippen molar-refractivity contribution in [2.45, 2.75) is 5.03 Å². The maximum atomic E-state index is 13.1. The third-order valence-electron chi connectivity index (χ3n) is 2.60. The van der Waals surface area contributed by atoms with Crippen molar-refractivity contribution in [1.29, 1.82) is 0 Å². The molecular weight excluding hydrogens is 344 g/mol. The van der Waals surface area contributed by atoms with Crippen molar-refractivity contribution in [1.82, 2.24) is 9.38 Å². The van der Waals surface area contributed by atoms with Gasteiger partial charge in [-0.2, -0.15) is 8.42 Å². The van der Waals surface area contributed by atoms with Gasteiger partial charge in [0.1, 0.15) is 0 Å². The van der Waals surface area contributed by atoms with Gasteiger partial charge in [-0.15, -0.1) is 11.3 Å². The van der Waals surface area contributed by atoms with E-state index in [9.17, 15) is 17.2 Å². The Morgan fingerprint density at radius 1 is 1.29 bits per heavy atom. The Labute approximate surface area is 126 Å². The molecule has 0 spiro atoms. The average Bonchev–Trinajstić information content (AvgIpc) is 2.92. The molecule has 3 rings (SSSR count). The molecule has 3 aromatic rings. The van der Waals surface area contributed by atoms with E-state index in [2.05, 4.69) is 9.71 Å². The van der Waals surface area contributed by atoms with Crippen molar-refractivity contribution in [3.8, 4) is 0 Å². The zero-order valence-corrected chi connectivity index (χ0v) is 12.4. The van der Waals surface area contributed by atoms with E-state index in [-0.39, 0.29) is 15.9 Å². The van der Waals surface area contributed by atoms with E-state index in [0.29, 0.717) is 4.96 Å². The van der Waals surface area contributed by atoms with Crippen LogP contribution in [0, 0.1) is 11.6 Å². The highest BCUT2D eigenvalue weighted by molar-refractivity contribution is 7.92. The Bertz CT molecular complexity index is 936. The largest absolute Gasteiger partial charge is 0.281 e. The van der Waals surface area contributed by atoms with Gasteiger partial charge >= 0.3 is 0 Å². The number of halogens is 3. The zero-order chi connectivity index (χ0) is 15.2. The molecule has 5 nitrogen and oxygen atoms in total. The first-order valence-corrected chi connectivity index (χ1v) is 8.21. The number of hydrogen-bond donors (Lipinski definition) is 1. The van der Waals surface area contributed by atoms with Crippen LogP contribution in [0.2, 0.25) is 5.15 Å². The van der Waals surface area contributed by atoms with E-state index in [1.54, 1.807) is 5.38 Å². The second kappa shape index (κ2) is 4.93. The fourth-order valence-corrected chi connectivity index (χ4v) is 4.25. The van der Waals surface area contributed by atoms with Gasteiger partial charge in [-0.05, 0) is 12.1 Å². The molecule has 0 radical (unpaired) electrons. The van der Waals surface area contributed by atoms with E-state index in [1.807, 2.05) is 0 Å². The Morgan fingerprint density at radius 3 is 2.76 bits per heavy atom. The smallest absolute Gasteiger partial charge is 0.278 e. The van der Waals surface area contributed by atoms with Gasteiger partial charge < -0.3 is 0 Å². The molecule has 0 aliphatic rings. The summed E-state index contributed by atoms with van der Waals surface area (Å²) in [7, 11) is -4.09. The van der Waals surface area contributed by atoms with Gasteiger partial charge in [0.05, 0.1) is 5.69 Å². The lowest BCUT2D eigenvalue weighted by Gasteiger charge is -2.07. The molecule has 10 heteroatoms. The van der Waals surface area contributed by atoms with Crippen LogP contribution >= 0.6 is 22.9 Å². The van der Waals surface area contributed by atoms with Gasteiger partial charge in [0.25, 0.3) is 10.0 Å². The Hall–Kier alpha value is -1.71. The molecule has 110 valence electrons. The van der Waals surface area contributed by atoms with Crippen LogP contribution in [-0.2, 0) is 10.0 Å². The van der Waals surface area contributed by atoms with Crippen molar-refractivity contribution in [3.05, 3.63) is 46.6 Å². The molecule has 0 bridgehead atoms. The lowest BCUT2D eigenvalue weighted by Crippen LogP contribution is -2.15. The molecule has 0 saturated heterocycles. The Kier molecular flexibility index (Phi) is 3.34. The number of rotatable bonds is 3. The number of nitrogens with zero attached hydrogens (tertiary/aromatic N) is 2. The van der Waals surface area contributed by atoms with Crippen LogP contribution in [0.4, 0.5) is 14.5 Å². The Balaban J connectivity index is 2.06. The predicted molar refractivity (Wildman–Crippen MR) is 75.2 cm³/mol. The molecule has 1 N–H and O–H groups in total. The molecule has 0 fully saturated rings. The number of aromatic nitrogens is 2. The van der Waals surface area contributed by atoms with Gasteiger partial charge in [0, 0.05) is 17.6 Å². The van der Waals surface area contributed by atoms with E-state index in [0.717, 1.165) is 18.2 Å². The van der Waals surface area contributed by atoms with Gasteiger partial charge in [-0.3, -0.25) is 9.12 Å². The molecule has 1 aromatic carbocycles. The first kappa shape index (κ1) is 14.2. The average molecular weight is 350 g/mol. The van der Waals surface area contributed by atoms with Gasteiger partial charge in [-0.1, -0.05) is 11.6 Å². The summed E-state index contributed by atoms with van der Waals surface area (Å²) < 4.78 is 54.1. The summed E-state index contributed by atoms with van der Waals surface area (Å²) in [6.45, 7) is 0. The molecule has 0 unspecified atom stereocenters. The van der Waals surface area contributed by atoms with Crippen molar-refractivity contribution in [2.24, 2.45) is 0 Å². The minimum atomic E-state index is -4.09. The summed E-state index contributed by atoms with van der Waals surface area (Å²) in [5.74, 6) is -2.23. The molecule has 0 atom stereocenters. The van der Waals surface area contributed by atoms with Crippen molar-refractivity contribution in [2.75, 3.05) is 4.72 Å². The summed E-state index contributed by atoms with van der Waals surface area (Å²) >= 11 is 7.05. The number of thiazole rings is 1. The van der Waals surface area contributed by atoms with Crippen LogP contribution < -0.4 is 4.72 Å². The standard InChI is InChI=1S/C11H6ClF2N3O2S2/c12-9-10(17-3-4-20-11(17)15-9)21(18,19)16-6-1-2-7(13)8(14)5-6/h1-5,16H. The molecule has 2 heterocycles. The number of nitrogens with one attached hydrogen (secondary N) is 1. The van der Waals surface area contributed by atoms with Crippen molar-refractivity contribution >= 4 is 43.6 Å². The summed E-state index contributed by atoms with van der Waals surface area (Å²) in [6.07, 6.45) is 1.50. The maximum absolute atomic E-state index is 13.1. The predicted octanol–water partition coefficient (Wildman–Crippen LogP) is 3.13.